The van der Waals surface area contributed by atoms with Gasteiger partial charge in [0.1, 0.15) is 0 Å². The number of amides is 1. The number of hydrogen-bond donors (Lipinski definition) is 2. The first kappa shape index (κ1) is 19.2. The van der Waals surface area contributed by atoms with E-state index in [-0.39, 0.29) is 24.4 Å². The Morgan fingerprint density at radius 3 is 2.83 bits per heavy atom. The molecule has 0 saturated heterocycles. The third kappa shape index (κ3) is 4.81. The van der Waals surface area contributed by atoms with Gasteiger partial charge in [-0.15, -0.1) is 12.4 Å². The minimum absolute atomic E-state index is 0. The number of nitrogens with one attached hydrogen (secondary N) is 1. The van der Waals surface area contributed by atoms with E-state index in [0.29, 0.717) is 6.42 Å². The molecule has 1 aromatic carbocycles. The van der Waals surface area contributed by atoms with Crippen molar-refractivity contribution in [3.63, 3.8) is 0 Å². The molecule has 126 valence electrons. The monoisotopic (exact) mass is 336 g/mol. The fraction of sp³-hybridized carbons (Fsp3) is 0.412. The quantitative estimate of drug-likeness (QED) is 0.851. The molecule has 2 unspecified atom stereocenters. The van der Waals surface area contributed by atoms with Gasteiger partial charge in [0.2, 0.25) is 5.91 Å². The van der Waals surface area contributed by atoms with Crippen LogP contribution in [0.25, 0.3) is 5.69 Å². The summed E-state index contributed by atoms with van der Waals surface area (Å²) in [6.07, 6.45) is 6.93. The molecule has 0 bridgehead atoms. The minimum atomic E-state index is -0.828. The van der Waals surface area contributed by atoms with E-state index in [4.69, 9.17) is 5.73 Å². The Kier molecular flexibility index (Phi) is 6.79. The van der Waals surface area contributed by atoms with Gasteiger partial charge in [-0.1, -0.05) is 25.5 Å². The lowest BCUT2D eigenvalue weighted by Gasteiger charge is -2.25. The normalized spacial score (nSPS) is 14.4. The molecule has 2 aromatic rings. The molecular weight excluding hydrogens is 312 g/mol. The lowest BCUT2D eigenvalue weighted by Crippen LogP contribution is -2.52. The van der Waals surface area contributed by atoms with E-state index < -0.39 is 5.54 Å². The zero-order valence-electron chi connectivity index (χ0n) is 13.8. The van der Waals surface area contributed by atoms with Crippen molar-refractivity contribution in [3.8, 4) is 5.69 Å². The summed E-state index contributed by atoms with van der Waals surface area (Å²) >= 11 is 0. The number of rotatable bonds is 6. The first-order chi connectivity index (χ1) is 10.4. The highest BCUT2D eigenvalue weighted by molar-refractivity contribution is 5.86. The number of hydrogen-bond acceptors (Lipinski definition) is 3. The lowest BCUT2D eigenvalue weighted by atomic mass is 9.95. The number of halogens is 1. The number of nitrogens with zero attached hydrogens (tertiary/aromatic N) is 2. The number of aromatic nitrogens is 2. The molecule has 0 fully saturated rings. The van der Waals surface area contributed by atoms with Gasteiger partial charge in [0.25, 0.3) is 0 Å². The highest BCUT2D eigenvalue weighted by atomic mass is 35.5. The second-order valence-corrected chi connectivity index (χ2v) is 5.93. The standard InChI is InChI=1S/C17H24N4O.ClH/c1-4-8-17(3,18)16(22)20-13(2)14-6-5-7-15(11-14)21-10-9-19-12-21;/h5-7,9-13H,4,8,18H2,1-3H3,(H,20,22);1H. The van der Waals surface area contributed by atoms with Crippen molar-refractivity contribution in [1.29, 1.82) is 0 Å². The van der Waals surface area contributed by atoms with Crippen molar-refractivity contribution < 1.29 is 4.79 Å². The second kappa shape index (κ2) is 8.13. The second-order valence-electron chi connectivity index (χ2n) is 5.93. The predicted molar refractivity (Wildman–Crippen MR) is 94.9 cm³/mol. The number of carbonyl (C=O) groups is 1. The summed E-state index contributed by atoms with van der Waals surface area (Å²) in [6, 6.07) is 7.92. The summed E-state index contributed by atoms with van der Waals surface area (Å²) in [6.45, 7) is 5.77. The highest BCUT2D eigenvalue weighted by Gasteiger charge is 2.28. The Balaban J connectivity index is 0.00000264. The minimum Gasteiger partial charge on any atom is -0.348 e. The van der Waals surface area contributed by atoms with Gasteiger partial charge in [-0.25, -0.2) is 4.98 Å². The van der Waals surface area contributed by atoms with E-state index >= 15 is 0 Å². The number of nitrogens with two attached hydrogens (primary N) is 1. The molecule has 0 aliphatic heterocycles. The summed E-state index contributed by atoms with van der Waals surface area (Å²) < 4.78 is 1.93. The Bertz CT molecular complexity index is 625. The van der Waals surface area contributed by atoms with Gasteiger partial charge in [0.05, 0.1) is 17.9 Å². The maximum absolute atomic E-state index is 12.3. The Morgan fingerprint density at radius 2 is 2.22 bits per heavy atom. The number of carbonyl (C=O) groups excluding carboxylic acids is 1. The Hall–Kier alpha value is -1.85. The van der Waals surface area contributed by atoms with E-state index in [2.05, 4.69) is 10.3 Å². The van der Waals surface area contributed by atoms with Crippen LogP contribution in [-0.2, 0) is 4.79 Å². The molecule has 1 heterocycles. The molecule has 1 amide bonds. The number of benzene rings is 1. The third-order valence-corrected chi connectivity index (χ3v) is 3.81. The van der Waals surface area contributed by atoms with Crippen LogP contribution in [0.5, 0.6) is 0 Å². The zero-order chi connectivity index (χ0) is 16.2. The van der Waals surface area contributed by atoms with E-state index in [0.717, 1.165) is 17.7 Å². The molecule has 0 aliphatic rings. The van der Waals surface area contributed by atoms with E-state index in [9.17, 15) is 4.79 Å². The molecule has 0 radical (unpaired) electrons. The smallest absolute Gasteiger partial charge is 0.240 e. The SMILES string of the molecule is CCCC(C)(N)C(=O)NC(C)c1cccc(-n2ccnc2)c1.Cl. The number of imidazole rings is 1. The van der Waals surface area contributed by atoms with Gasteiger partial charge in [-0.2, -0.15) is 0 Å². The van der Waals surface area contributed by atoms with Crippen LogP contribution >= 0.6 is 12.4 Å². The van der Waals surface area contributed by atoms with Crippen LogP contribution in [0.1, 0.15) is 45.2 Å². The Morgan fingerprint density at radius 1 is 1.48 bits per heavy atom. The fourth-order valence-electron chi connectivity index (χ4n) is 2.44. The molecule has 6 heteroatoms. The Labute approximate surface area is 143 Å². The van der Waals surface area contributed by atoms with Gasteiger partial charge in [-0.3, -0.25) is 4.79 Å². The molecule has 0 saturated carbocycles. The van der Waals surface area contributed by atoms with Crippen LogP contribution in [0.15, 0.2) is 43.0 Å². The van der Waals surface area contributed by atoms with Crippen LogP contribution < -0.4 is 11.1 Å². The van der Waals surface area contributed by atoms with Crippen molar-refractivity contribution in [2.24, 2.45) is 5.73 Å². The summed E-state index contributed by atoms with van der Waals surface area (Å²) in [5, 5.41) is 3.00. The van der Waals surface area contributed by atoms with Gasteiger partial charge in [-0.05, 0) is 38.0 Å². The van der Waals surface area contributed by atoms with Crippen molar-refractivity contribution >= 4 is 18.3 Å². The first-order valence-corrected chi connectivity index (χ1v) is 7.62. The molecule has 2 rings (SSSR count). The van der Waals surface area contributed by atoms with Gasteiger partial charge >= 0.3 is 0 Å². The lowest BCUT2D eigenvalue weighted by molar-refractivity contribution is -0.126. The average Bonchev–Trinajstić information content (AvgIpc) is 3.01. The first-order valence-electron chi connectivity index (χ1n) is 7.62. The third-order valence-electron chi connectivity index (χ3n) is 3.81. The summed E-state index contributed by atoms with van der Waals surface area (Å²) in [5.74, 6) is -0.116. The molecule has 1 aromatic heterocycles. The maximum atomic E-state index is 12.3. The molecular formula is C17H25ClN4O. The fourth-order valence-corrected chi connectivity index (χ4v) is 2.44. The molecule has 2 atom stereocenters. The van der Waals surface area contributed by atoms with Crippen molar-refractivity contribution in [3.05, 3.63) is 48.5 Å². The maximum Gasteiger partial charge on any atom is 0.240 e. The van der Waals surface area contributed by atoms with Crippen LogP contribution in [0.3, 0.4) is 0 Å². The largest absolute Gasteiger partial charge is 0.348 e. The zero-order valence-corrected chi connectivity index (χ0v) is 14.6. The average molecular weight is 337 g/mol. The molecule has 5 nitrogen and oxygen atoms in total. The van der Waals surface area contributed by atoms with E-state index in [1.165, 1.54) is 0 Å². The van der Waals surface area contributed by atoms with Crippen LogP contribution in [-0.4, -0.2) is 21.0 Å². The molecule has 3 N–H and O–H groups in total. The van der Waals surface area contributed by atoms with Crippen molar-refractivity contribution in [2.45, 2.75) is 45.2 Å². The van der Waals surface area contributed by atoms with E-state index in [1.54, 1.807) is 19.4 Å². The topological polar surface area (TPSA) is 72.9 Å². The summed E-state index contributed by atoms with van der Waals surface area (Å²) in [4.78, 5) is 16.4. The van der Waals surface area contributed by atoms with Crippen LogP contribution in [0.4, 0.5) is 0 Å². The van der Waals surface area contributed by atoms with Crippen LogP contribution in [0, 0.1) is 0 Å². The van der Waals surface area contributed by atoms with Crippen LogP contribution in [0.2, 0.25) is 0 Å². The predicted octanol–water partition coefficient (Wildman–Crippen LogP) is 2.99. The molecule has 23 heavy (non-hydrogen) atoms. The highest BCUT2D eigenvalue weighted by Crippen LogP contribution is 2.18. The molecule has 0 aliphatic carbocycles. The van der Waals surface area contributed by atoms with E-state index in [1.807, 2.05) is 48.9 Å². The van der Waals surface area contributed by atoms with Gasteiger partial charge in [0, 0.05) is 18.1 Å². The summed E-state index contributed by atoms with van der Waals surface area (Å²) in [7, 11) is 0. The van der Waals surface area contributed by atoms with Crippen molar-refractivity contribution in [2.75, 3.05) is 0 Å². The van der Waals surface area contributed by atoms with Gasteiger partial charge < -0.3 is 15.6 Å². The van der Waals surface area contributed by atoms with Gasteiger partial charge in [0.15, 0.2) is 0 Å². The molecule has 0 spiro atoms. The van der Waals surface area contributed by atoms with Crippen molar-refractivity contribution in [1.82, 2.24) is 14.9 Å². The summed E-state index contributed by atoms with van der Waals surface area (Å²) in [5.41, 5.74) is 7.30.